The maximum atomic E-state index is 12.5. The summed E-state index contributed by atoms with van der Waals surface area (Å²) in [5, 5.41) is 10.1. The van der Waals surface area contributed by atoms with Gasteiger partial charge in [-0.1, -0.05) is 18.3 Å². The number of aromatic amines is 1. The van der Waals surface area contributed by atoms with Crippen molar-refractivity contribution in [3.63, 3.8) is 0 Å². The van der Waals surface area contributed by atoms with Gasteiger partial charge >= 0.3 is 10.8 Å². The van der Waals surface area contributed by atoms with Gasteiger partial charge < -0.3 is 19.6 Å². The molecule has 25 heavy (non-hydrogen) atoms. The van der Waals surface area contributed by atoms with E-state index in [0.717, 1.165) is 11.3 Å². The van der Waals surface area contributed by atoms with Crippen molar-refractivity contribution < 1.29 is 19.4 Å². The highest BCUT2D eigenvalue weighted by Gasteiger charge is 2.43. The number of fused-ring (bicyclic) bond motifs is 1. The summed E-state index contributed by atoms with van der Waals surface area (Å²) in [6, 6.07) is 0. The van der Waals surface area contributed by atoms with Crippen LogP contribution in [0.3, 0.4) is 0 Å². The monoisotopic (exact) mass is 369 g/mol. The number of thiazole rings is 1. The van der Waals surface area contributed by atoms with Crippen LogP contribution in [0.5, 0.6) is 0 Å². The molecule has 0 bridgehead atoms. The van der Waals surface area contributed by atoms with Gasteiger partial charge in [-0.25, -0.2) is 4.98 Å². The lowest BCUT2D eigenvalue weighted by Gasteiger charge is -2.20. The minimum absolute atomic E-state index is 0.181. The third-order valence-electron chi connectivity index (χ3n) is 4.11. The molecule has 0 aliphatic carbocycles. The Labute approximate surface area is 146 Å². The highest BCUT2D eigenvalue weighted by atomic mass is 32.1. The largest absolute Gasteiger partial charge is 0.458 e. The molecule has 3 rings (SSSR count). The molecular formula is C15H19N3O6S. The number of aliphatic hydroxyl groups is 1. The number of hydrogen-bond donors (Lipinski definition) is 2. The zero-order chi connectivity index (χ0) is 18.3. The Hall–Kier alpha value is -2.04. The summed E-state index contributed by atoms with van der Waals surface area (Å²) in [7, 11) is 0. The van der Waals surface area contributed by atoms with Crippen LogP contribution in [0, 0.1) is 6.92 Å². The smallest absolute Gasteiger partial charge is 0.311 e. The van der Waals surface area contributed by atoms with E-state index in [9.17, 15) is 19.5 Å². The second-order valence-corrected chi connectivity index (χ2v) is 6.93. The normalized spacial score (nSPS) is 24.6. The molecule has 136 valence electrons. The summed E-state index contributed by atoms with van der Waals surface area (Å²) in [6.45, 7) is 4.68. The minimum Gasteiger partial charge on any atom is -0.458 e. The van der Waals surface area contributed by atoms with E-state index in [2.05, 4.69) is 9.97 Å². The van der Waals surface area contributed by atoms with E-state index in [1.807, 2.05) is 0 Å². The van der Waals surface area contributed by atoms with Crippen LogP contribution >= 0.6 is 11.3 Å². The van der Waals surface area contributed by atoms with Crippen LogP contribution in [0.4, 0.5) is 0 Å². The first kappa shape index (κ1) is 17.8. The maximum Gasteiger partial charge on any atom is 0.311 e. The Morgan fingerprint density at radius 3 is 2.92 bits per heavy atom. The summed E-state index contributed by atoms with van der Waals surface area (Å²) < 4.78 is 12.5. The second-order valence-electron chi connectivity index (χ2n) is 5.97. The molecule has 1 aliphatic heterocycles. The van der Waals surface area contributed by atoms with Crippen LogP contribution < -0.4 is 10.4 Å². The molecule has 2 aromatic heterocycles. The number of H-pyrrole nitrogens is 1. The number of nitrogens with one attached hydrogen (secondary N) is 1. The van der Waals surface area contributed by atoms with Gasteiger partial charge in [0, 0.05) is 13.3 Å². The summed E-state index contributed by atoms with van der Waals surface area (Å²) in [4.78, 5) is 42.3. The summed E-state index contributed by atoms with van der Waals surface area (Å²) in [5.41, 5.74) is -0.222. The molecule has 0 saturated carbocycles. The summed E-state index contributed by atoms with van der Waals surface area (Å²) in [6.07, 6.45) is -2.30. The molecule has 1 aliphatic rings. The van der Waals surface area contributed by atoms with Gasteiger partial charge in [0.2, 0.25) is 0 Å². The highest BCUT2D eigenvalue weighted by Crippen LogP contribution is 2.34. The van der Waals surface area contributed by atoms with Gasteiger partial charge in [-0.3, -0.25) is 19.0 Å². The van der Waals surface area contributed by atoms with Crippen LogP contribution in [-0.2, 0) is 14.3 Å². The van der Waals surface area contributed by atoms with Crippen molar-refractivity contribution in [3.05, 3.63) is 25.8 Å². The lowest BCUT2D eigenvalue weighted by atomic mass is 10.1. The molecule has 9 nitrogen and oxygen atoms in total. The van der Waals surface area contributed by atoms with E-state index < -0.39 is 40.9 Å². The number of aromatic nitrogens is 3. The third kappa shape index (κ3) is 3.24. The third-order valence-corrected chi connectivity index (χ3v) is 5.05. The number of hydrogen-bond acceptors (Lipinski definition) is 8. The van der Waals surface area contributed by atoms with Gasteiger partial charge in [0.15, 0.2) is 11.9 Å². The molecule has 1 saturated heterocycles. The number of aryl methyl sites for hydroxylation is 1. The molecule has 0 amide bonds. The Morgan fingerprint density at radius 1 is 1.56 bits per heavy atom. The first-order chi connectivity index (χ1) is 11.8. The van der Waals surface area contributed by atoms with Crippen molar-refractivity contribution in [2.45, 2.75) is 58.2 Å². The summed E-state index contributed by atoms with van der Waals surface area (Å²) in [5.74, 6) is -0.156. The average Bonchev–Trinajstić information content (AvgIpc) is 3.06. The van der Waals surface area contributed by atoms with Gasteiger partial charge in [-0.15, -0.1) is 0 Å². The fourth-order valence-electron chi connectivity index (χ4n) is 2.99. The molecule has 1 fully saturated rings. The number of aliphatic hydroxyl groups excluding tert-OH is 1. The number of nitrogens with zero attached hydrogens (tertiary/aromatic N) is 2. The SMILES string of the molecule is CC[C@@H](O)[C@@H]1C[C@@H](OC(C)=O)[C@H](n2c(=O)sc3c(=O)[nH]c(C)nc32)O1. The molecule has 0 aromatic carbocycles. The standard InChI is InChI=1S/C15H19N3O6S/c1-4-8(20)9-5-10(23-7(3)19)14(24-9)18-12-11(25-15(18)22)13(21)17-6(2)16-12/h8-10,14,20H,4-5H2,1-3H3,(H,16,17,21)/t8-,9+,10-,14-/m1/s1. The number of carbonyl (C=O) groups is 1. The number of ether oxygens (including phenoxy) is 2. The lowest BCUT2D eigenvalue weighted by molar-refractivity contribution is -0.152. The van der Waals surface area contributed by atoms with Crippen LogP contribution in [0.2, 0.25) is 0 Å². The zero-order valence-electron chi connectivity index (χ0n) is 14.0. The molecule has 2 aromatic rings. The molecule has 0 unspecified atom stereocenters. The van der Waals surface area contributed by atoms with Crippen molar-refractivity contribution in [3.8, 4) is 0 Å². The van der Waals surface area contributed by atoms with Crippen molar-refractivity contribution >= 4 is 27.7 Å². The topological polar surface area (TPSA) is 124 Å². The van der Waals surface area contributed by atoms with E-state index in [0.29, 0.717) is 12.2 Å². The summed E-state index contributed by atoms with van der Waals surface area (Å²) >= 11 is 0.755. The number of rotatable bonds is 4. The zero-order valence-corrected chi connectivity index (χ0v) is 14.8. The van der Waals surface area contributed by atoms with Crippen molar-refractivity contribution in [2.75, 3.05) is 0 Å². The van der Waals surface area contributed by atoms with Crippen LogP contribution in [-0.4, -0.2) is 43.9 Å². The lowest BCUT2D eigenvalue weighted by Crippen LogP contribution is -2.30. The maximum absolute atomic E-state index is 12.5. The van der Waals surface area contributed by atoms with E-state index in [4.69, 9.17) is 9.47 Å². The van der Waals surface area contributed by atoms with Gasteiger partial charge in [0.1, 0.15) is 16.6 Å². The van der Waals surface area contributed by atoms with Crippen molar-refractivity contribution in [1.82, 2.24) is 14.5 Å². The fourth-order valence-corrected chi connectivity index (χ4v) is 3.83. The predicted molar refractivity (Wildman–Crippen MR) is 89.6 cm³/mol. The molecular weight excluding hydrogens is 350 g/mol. The molecule has 2 N–H and O–H groups in total. The van der Waals surface area contributed by atoms with Crippen LogP contribution in [0.15, 0.2) is 9.59 Å². The van der Waals surface area contributed by atoms with Gasteiger partial charge in [0.05, 0.1) is 12.2 Å². The van der Waals surface area contributed by atoms with E-state index in [-0.39, 0.29) is 16.8 Å². The fraction of sp³-hybridized carbons (Fsp3) is 0.600. The number of carbonyl (C=O) groups excluding carboxylic acids is 1. The van der Waals surface area contributed by atoms with E-state index in [1.165, 1.54) is 11.5 Å². The van der Waals surface area contributed by atoms with E-state index >= 15 is 0 Å². The highest BCUT2D eigenvalue weighted by molar-refractivity contribution is 7.16. The second kappa shape index (κ2) is 6.70. The van der Waals surface area contributed by atoms with Crippen LogP contribution in [0.25, 0.3) is 10.3 Å². The van der Waals surface area contributed by atoms with Gasteiger partial charge in [-0.2, -0.15) is 0 Å². The predicted octanol–water partition coefficient (Wildman–Crippen LogP) is 0.445. The van der Waals surface area contributed by atoms with E-state index in [1.54, 1.807) is 13.8 Å². The molecule has 0 radical (unpaired) electrons. The molecule has 4 atom stereocenters. The average molecular weight is 369 g/mol. The Morgan fingerprint density at radius 2 is 2.28 bits per heavy atom. The quantitative estimate of drug-likeness (QED) is 0.750. The first-order valence-corrected chi connectivity index (χ1v) is 8.76. The molecule has 10 heteroatoms. The van der Waals surface area contributed by atoms with Gasteiger partial charge in [-0.05, 0) is 13.3 Å². The number of esters is 1. The Kier molecular flexibility index (Phi) is 4.76. The first-order valence-electron chi connectivity index (χ1n) is 7.94. The van der Waals surface area contributed by atoms with Crippen LogP contribution in [0.1, 0.15) is 38.7 Å². The molecule has 0 spiro atoms. The molecule has 3 heterocycles. The Balaban J connectivity index is 2.10. The Bertz CT molecular complexity index is 916. The van der Waals surface area contributed by atoms with Crippen molar-refractivity contribution in [1.29, 1.82) is 0 Å². The van der Waals surface area contributed by atoms with Crippen molar-refractivity contribution in [2.24, 2.45) is 0 Å². The minimum atomic E-state index is -0.940. The van der Waals surface area contributed by atoms with Gasteiger partial charge in [0.25, 0.3) is 5.56 Å².